The first-order valence-corrected chi connectivity index (χ1v) is 5.92. The largest absolute Gasteiger partial charge is 0.330 e. The van der Waals surface area contributed by atoms with Crippen molar-refractivity contribution < 1.29 is 0 Å². The molecule has 0 saturated carbocycles. The van der Waals surface area contributed by atoms with Crippen LogP contribution in [0.5, 0.6) is 0 Å². The van der Waals surface area contributed by atoms with E-state index in [-0.39, 0.29) is 5.41 Å². The van der Waals surface area contributed by atoms with Gasteiger partial charge in [0.2, 0.25) is 0 Å². The standard InChI is InChI=1S/C10H19N3S/c1-3-10(2,6-11)7-12-4-9-5-14-8-13-9/h5,8,12H,3-4,6-7,11H2,1-2H3. The van der Waals surface area contributed by atoms with E-state index >= 15 is 0 Å². The Kier molecular flexibility index (Phi) is 4.51. The molecule has 14 heavy (non-hydrogen) atoms. The molecule has 1 heterocycles. The Labute approximate surface area is 89.7 Å². The molecule has 0 radical (unpaired) electrons. The van der Waals surface area contributed by atoms with Crippen LogP contribution in [0.2, 0.25) is 0 Å². The summed E-state index contributed by atoms with van der Waals surface area (Å²) in [4.78, 5) is 4.21. The molecule has 0 aromatic carbocycles. The van der Waals surface area contributed by atoms with Crippen LogP contribution in [0.3, 0.4) is 0 Å². The minimum Gasteiger partial charge on any atom is -0.330 e. The van der Waals surface area contributed by atoms with Crippen molar-refractivity contribution in [1.29, 1.82) is 0 Å². The molecule has 3 N–H and O–H groups in total. The molecule has 0 aliphatic rings. The maximum absolute atomic E-state index is 5.72. The van der Waals surface area contributed by atoms with Crippen molar-refractivity contribution in [2.45, 2.75) is 26.8 Å². The minimum atomic E-state index is 0.218. The number of nitrogens with one attached hydrogen (secondary N) is 1. The monoisotopic (exact) mass is 213 g/mol. The van der Waals surface area contributed by atoms with Gasteiger partial charge in [0.25, 0.3) is 0 Å². The van der Waals surface area contributed by atoms with E-state index in [4.69, 9.17) is 5.73 Å². The van der Waals surface area contributed by atoms with Crippen LogP contribution >= 0.6 is 11.3 Å². The number of aromatic nitrogens is 1. The summed E-state index contributed by atoms with van der Waals surface area (Å²) in [5.41, 5.74) is 8.92. The molecule has 80 valence electrons. The lowest BCUT2D eigenvalue weighted by atomic mass is 9.88. The molecule has 1 unspecified atom stereocenters. The summed E-state index contributed by atoms with van der Waals surface area (Å²) in [6, 6.07) is 0. The van der Waals surface area contributed by atoms with E-state index in [1.165, 1.54) is 0 Å². The number of hydrogen-bond donors (Lipinski definition) is 2. The Bertz CT molecular complexity index is 242. The Morgan fingerprint density at radius 3 is 2.93 bits per heavy atom. The molecule has 1 rings (SSSR count). The number of hydrogen-bond acceptors (Lipinski definition) is 4. The Morgan fingerprint density at radius 1 is 1.64 bits per heavy atom. The maximum atomic E-state index is 5.72. The lowest BCUT2D eigenvalue weighted by molar-refractivity contribution is 0.302. The summed E-state index contributed by atoms with van der Waals surface area (Å²) in [6.45, 7) is 6.92. The quantitative estimate of drug-likeness (QED) is 0.755. The molecule has 0 bridgehead atoms. The smallest absolute Gasteiger partial charge is 0.0795 e. The van der Waals surface area contributed by atoms with E-state index in [2.05, 4.69) is 29.5 Å². The van der Waals surface area contributed by atoms with Gasteiger partial charge in [0, 0.05) is 18.5 Å². The van der Waals surface area contributed by atoms with Crippen molar-refractivity contribution in [3.05, 3.63) is 16.6 Å². The molecule has 0 aliphatic carbocycles. The van der Waals surface area contributed by atoms with Gasteiger partial charge in [-0.05, 0) is 18.4 Å². The molecule has 1 aromatic rings. The van der Waals surface area contributed by atoms with Crippen molar-refractivity contribution >= 4 is 11.3 Å². The zero-order chi connectivity index (χ0) is 10.4. The molecule has 0 saturated heterocycles. The van der Waals surface area contributed by atoms with Gasteiger partial charge >= 0.3 is 0 Å². The summed E-state index contributed by atoms with van der Waals surface area (Å²) in [7, 11) is 0. The van der Waals surface area contributed by atoms with Gasteiger partial charge in [-0.15, -0.1) is 11.3 Å². The van der Waals surface area contributed by atoms with Gasteiger partial charge in [0.15, 0.2) is 0 Å². The van der Waals surface area contributed by atoms with Crippen LogP contribution in [0.4, 0.5) is 0 Å². The van der Waals surface area contributed by atoms with Crippen LogP contribution in [0.15, 0.2) is 10.9 Å². The van der Waals surface area contributed by atoms with E-state index in [1.54, 1.807) is 11.3 Å². The highest BCUT2D eigenvalue weighted by molar-refractivity contribution is 7.07. The van der Waals surface area contributed by atoms with Crippen LogP contribution in [-0.4, -0.2) is 18.1 Å². The Hall–Kier alpha value is -0.450. The first-order valence-electron chi connectivity index (χ1n) is 4.98. The maximum Gasteiger partial charge on any atom is 0.0795 e. The highest BCUT2D eigenvalue weighted by Gasteiger charge is 2.19. The van der Waals surface area contributed by atoms with Crippen LogP contribution in [0, 0.1) is 5.41 Å². The predicted octanol–water partition coefficient (Wildman–Crippen LogP) is 1.61. The van der Waals surface area contributed by atoms with Crippen molar-refractivity contribution in [2.75, 3.05) is 13.1 Å². The second-order valence-corrected chi connectivity index (χ2v) is 4.67. The van der Waals surface area contributed by atoms with Gasteiger partial charge in [0.05, 0.1) is 11.2 Å². The third kappa shape index (κ3) is 3.36. The number of rotatable bonds is 6. The van der Waals surface area contributed by atoms with Crippen LogP contribution in [-0.2, 0) is 6.54 Å². The van der Waals surface area contributed by atoms with E-state index in [0.29, 0.717) is 0 Å². The third-order valence-corrected chi connectivity index (χ3v) is 3.32. The lowest BCUT2D eigenvalue weighted by Crippen LogP contribution is -2.37. The molecule has 1 atom stereocenters. The summed E-state index contributed by atoms with van der Waals surface area (Å²) >= 11 is 1.63. The average molecular weight is 213 g/mol. The van der Waals surface area contributed by atoms with E-state index in [0.717, 1.165) is 31.7 Å². The minimum absolute atomic E-state index is 0.218. The van der Waals surface area contributed by atoms with Gasteiger partial charge in [-0.1, -0.05) is 13.8 Å². The summed E-state index contributed by atoms with van der Waals surface area (Å²) in [6.07, 6.45) is 1.10. The van der Waals surface area contributed by atoms with Crippen molar-refractivity contribution in [3.63, 3.8) is 0 Å². The zero-order valence-corrected chi connectivity index (χ0v) is 9.73. The highest BCUT2D eigenvalue weighted by Crippen LogP contribution is 2.17. The average Bonchev–Trinajstić information content (AvgIpc) is 2.70. The SMILES string of the molecule is CCC(C)(CN)CNCc1cscn1. The number of nitrogens with zero attached hydrogens (tertiary/aromatic N) is 1. The molecule has 1 aromatic heterocycles. The normalized spacial score (nSPS) is 15.4. The van der Waals surface area contributed by atoms with Gasteiger partial charge in [-0.2, -0.15) is 0 Å². The van der Waals surface area contributed by atoms with Crippen molar-refractivity contribution in [2.24, 2.45) is 11.1 Å². The molecular formula is C10H19N3S. The molecule has 3 nitrogen and oxygen atoms in total. The van der Waals surface area contributed by atoms with Gasteiger partial charge in [-0.3, -0.25) is 0 Å². The molecular weight excluding hydrogens is 194 g/mol. The predicted molar refractivity (Wildman–Crippen MR) is 61.3 cm³/mol. The summed E-state index contributed by atoms with van der Waals surface area (Å²) in [5.74, 6) is 0. The van der Waals surface area contributed by atoms with Crippen molar-refractivity contribution in [3.8, 4) is 0 Å². The first-order chi connectivity index (χ1) is 6.70. The lowest BCUT2D eigenvalue weighted by Gasteiger charge is -2.26. The molecule has 0 fully saturated rings. The number of thiazole rings is 1. The fourth-order valence-electron chi connectivity index (χ4n) is 1.16. The highest BCUT2D eigenvalue weighted by atomic mass is 32.1. The Morgan fingerprint density at radius 2 is 2.43 bits per heavy atom. The number of nitrogens with two attached hydrogens (primary N) is 1. The molecule has 0 aliphatic heterocycles. The molecule has 0 amide bonds. The van der Waals surface area contributed by atoms with Crippen LogP contribution < -0.4 is 11.1 Å². The van der Waals surface area contributed by atoms with Gasteiger partial charge in [0.1, 0.15) is 0 Å². The zero-order valence-electron chi connectivity index (χ0n) is 8.92. The topological polar surface area (TPSA) is 50.9 Å². The van der Waals surface area contributed by atoms with Gasteiger partial charge in [-0.25, -0.2) is 4.98 Å². The second-order valence-electron chi connectivity index (χ2n) is 3.95. The fourth-order valence-corrected chi connectivity index (χ4v) is 1.72. The fraction of sp³-hybridized carbons (Fsp3) is 0.700. The second kappa shape index (κ2) is 5.44. The third-order valence-electron chi connectivity index (χ3n) is 2.69. The molecule has 4 heteroatoms. The van der Waals surface area contributed by atoms with Gasteiger partial charge < -0.3 is 11.1 Å². The van der Waals surface area contributed by atoms with Crippen LogP contribution in [0.1, 0.15) is 26.0 Å². The summed E-state index contributed by atoms with van der Waals surface area (Å²) in [5, 5.41) is 5.46. The van der Waals surface area contributed by atoms with E-state index < -0.39 is 0 Å². The first kappa shape index (κ1) is 11.6. The Balaban J connectivity index is 2.27. The van der Waals surface area contributed by atoms with Crippen molar-refractivity contribution in [1.82, 2.24) is 10.3 Å². The summed E-state index contributed by atoms with van der Waals surface area (Å²) < 4.78 is 0. The van der Waals surface area contributed by atoms with E-state index in [9.17, 15) is 0 Å². The van der Waals surface area contributed by atoms with E-state index in [1.807, 2.05) is 5.51 Å². The molecule has 0 spiro atoms. The van der Waals surface area contributed by atoms with Crippen LogP contribution in [0.25, 0.3) is 0 Å².